The second kappa shape index (κ2) is 17.8. The SMILES string of the molecule is CCOP(=O)(OCC)C(Nc1ccc(-c2ccc(NC(c3ccc(F)cc3)P(=O)(OCC)OCC)cc2C(F)(F)F)c(C(F)(F)F)c1)c1ccc(F)cc1. The summed E-state index contributed by atoms with van der Waals surface area (Å²) in [6.45, 7) is 5.60. The van der Waals surface area contributed by atoms with Crippen LogP contribution in [0, 0.1) is 11.6 Å². The van der Waals surface area contributed by atoms with Gasteiger partial charge in [-0.05, 0) is 98.5 Å². The third kappa shape index (κ3) is 10.3. The molecule has 2 unspecified atom stereocenters. The molecule has 4 aromatic carbocycles. The summed E-state index contributed by atoms with van der Waals surface area (Å²) in [5.74, 6) is -4.18. The Bertz CT molecular complexity index is 1800. The molecule has 2 N–H and O–H groups in total. The molecule has 0 radical (unpaired) electrons. The van der Waals surface area contributed by atoms with Crippen LogP contribution in [0.5, 0.6) is 0 Å². The Morgan fingerprint density at radius 2 is 0.815 bits per heavy atom. The molecule has 294 valence electrons. The van der Waals surface area contributed by atoms with E-state index in [0.717, 1.165) is 48.5 Å². The molecule has 0 saturated heterocycles. The van der Waals surface area contributed by atoms with E-state index in [0.29, 0.717) is 12.1 Å². The first-order valence-electron chi connectivity index (χ1n) is 16.6. The molecule has 0 aliphatic carbocycles. The summed E-state index contributed by atoms with van der Waals surface area (Å²) in [4.78, 5) is 0. The first-order chi connectivity index (χ1) is 25.4. The van der Waals surface area contributed by atoms with Gasteiger partial charge in [0, 0.05) is 11.4 Å². The van der Waals surface area contributed by atoms with Crippen molar-refractivity contribution in [3.63, 3.8) is 0 Å². The Balaban J connectivity index is 1.85. The first-order valence-corrected chi connectivity index (χ1v) is 19.9. The number of benzene rings is 4. The van der Waals surface area contributed by atoms with Crippen molar-refractivity contribution in [3.8, 4) is 11.1 Å². The van der Waals surface area contributed by atoms with Crippen LogP contribution in [0.2, 0.25) is 0 Å². The van der Waals surface area contributed by atoms with Gasteiger partial charge in [-0.3, -0.25) is 9.13 Å². The Kier molecular flexibility index (Phi) is 14.1. The molecule has 0 amide bonds. The Hall–Kier alpha value is -3.78. The zero-order valence-corrected chi connectivity index (χ0v) is 31.2. The Morgan fingerprint density at radius 3 is 1.07 bits per heavy atom. The van der Waals surface area contributed by atoms with Crippen LogP contribution in [-0.4, -0.2) is 26.4 Å². The van der Waals surface area contributed by atoms with Crippen LogP contribution in [0.15, 0.2) is 84.9 Å². The maximum absolute atomic E-state index is 14.7. The molecule has 0 heterocycles. The normalized spacial score (nSPS) is 13.8. The molecule has 0 bridgehead atoms. The number of alkyl halides is 6. The summed E-state index contributed by atoms with van der Waals surface area (Å²) in [6, 6.07) is 14.1. The number of nitrogens with one attached hydrogen (secondary N) is 2. The van der Waals surface area contributed by atoms with Crippen LogP contribution in [0.25, 0.3) is 11.1 Å². The number of hydrogen-bond acceptors (Lipinski definition) is 8. The van der Waals surface area contributed by atoms with E-state index in [9.17, 15) is 44.3 Å². The van der Waals surface area contributed by atoms with Gasteiger partial charge in [0.15, 0.2) is 11.6 Å². The van der Waals surface area contributed by atoms with E-state index in [4.69, 9.17) is 18.1 Å². The van der Waals surface area contributed by atoms with Gasteiger partial charge in [0.2, 0.25) is 0 Å². The minimum atomic E-state index is -5.20. The minimum Gasteiger partial charge on any atom is -0.368 e. The molecule has 0 aliphatic heterocycles. The van der Waals surface area contributed by atoms with Crippen LogP contribution < -0.4 is 10.6 Å². The van der Waals surface area contributed by atoms with Crippen molar-refractivity contribution in [2.45, 2.75) is 51.6 Å². The van der Waals surface area contributed by atoms with Gasteiger partial charge in [-0.1, -0.05) is 36.4 Å². The van der Waals surface area contributed by atoms with E-state index >= 15 is 0 Å². The topological polar surface area (TPSA) is 95.1 Å². The highest BCUT2D eigenvalue weighted by Crippen LogP contribution is 2.62. The summed E-state index contributed by atoms with van der Waals surface area (Å²) >= 11 is 0. The quantitative estimate of drug-likeness (QED) is 0.0804. The molecule has 0 aromatic heterocycles. The van der Waals surface area contributed by atoms with E-state index in [1.165, 1.54) is 52.0 Å². The van der Waals surface area contributed by atoms with E-state index in [-0.39, 0.29) is 48.9 Å². The second-order valence-electron chi connectivity index (χ2n) is 11.5. The fourth-order valence-corrected chi connectivity index (χ4v) is 9.47. The monoisotopic (exact) mass is 808 g/mol. The smallest absolute Gasteiger partial charge is 0.368 e. The van der Waals surface area contributed by atoms with Gasteiger partial charge in [-0.25, -0.2) is 8.78 Å². The molecule has 4 rings (SSSR count). The van der Waals surface area contributed by atoms with Crippen LogP contribution in [0.4, 0.5) is 46.5 Å². The lowest BCUT2D eigenvalue weighted by Gasteiger charge is -2.29. The maximum Gasteiger partial charge on any atom is 0.417 e. The highest BCUT2D eigenvalue weighted by atomic mass is 31.2. The summed E-state index contributed by atoms with van der Waals surface area (Å²) in [6.07, 6.45) is -10.4. The van der Waals surface area contributed by atoms with Gasteiger partial charge in [0.05, 0.1) is 37.6 Å². The van der Waals surface area contributed by atoms with Gasteiger partial charge in [-0.2, -0.15) is 26.3 Å². The maximum atomic E-state index is 14.7. The largest absolute Gasteiger partial charge is 0.417 e. The lowest BCUT2D eigenvalue weighted by molar-refractivity contribution is -0.139. The molecule has 8 nitrogen and oxygen atoms in total. The molecule has 0 spiro atoms. The number of halogens is 8. The van der Waals surface area contributed by atoms with E-state index < -0.39 is 73.0 Å². The first kappa shape index (κ1) is 43.0. The zero-order valence-electron chi connectivity index (χ0n) is 29.4. The molecule has 0 aliphatic rings. The molecular formula is C36H38F8N2O6P2. The van der Waals surface area contributed by atoms with Gasteiger partial charge in [0.25, 0.3) is 0 Å². The van der Waals surface area contributed by atoms with Gasteiger partial charge >= 0.3 is 27.5 Å². The van der Waals surface area contributed by atoms with Crippen molar-refractivity contribution in [1.82, 2.24) is 0 Å². The second-order valence-corrected chi connectivity index (χ2v) is 15.7. The summed E-state index contributed by atoms with van der Waals surface area (Å²) in [7, 11) is -8.36. The zero-order chi connectivity index (χ0) is 39.9. The van der Waals surface area contributed by atoms with E-state index in [1.807, 2.05) is 0 Å². The molecule has 2 atom stereocenters. The minimum absolute atomic E-state index is 0.117. The number of rotatable bonds is 17. The van der Waals surface area contributed by atoms with Crippen LogP contribution in [0.1, 0.15) is 61.5 Å². The fourth-order valence-electron chi connectivity index (χ4n) is 5.60. The van der Waals surface area contributed by atoms with E-state index in [1.54, 1.807) is 0 Å². The van der Waals surface area contributed by atoms with Gasteiger partial charge in [-0.15, -0.1) is 0 Å². The molecule has 54 heavy (non-hydrogen) atoms. The Labute approximate surface area is 307 Å². The van der Waals surface area contributed by atoms with Crippen LogP contribution in [0.3, 0.4) is 0 Å². The van der Waals surface area contributed by atoms with Crippen molar-refractivity contribution in [2.24, 2.45) is 0 Å². The predicted molar refractivity (Wildman–Crippen MR) is 189 cm³/mol. The molecule has 0 saturated carbocycles. The fraction of sp³-hybridized carbons (Fsp3) is 0.333. The standard InChI is InChI=1S/C36H38F8N2O6P2/c1-5-49-53(47,50-6-2)33(23-9-13-25(37)14-10-23)45-27-17-19-29(31(21-27)35(39,40)41)30-20-18-28(22-32(30)36(42,43)44)46-34(24-11-15-26(38)16-12-24)54(48,51-7-3)52-8-4/h9-22,33-34,45-46H,5-8H2,1-4H3. The highest BCUT2D eigenvalue weighted by Gasteiger charge is 2.42. The third-order valence-corrected chi connectivity index (χ3v) is 12.4. The van der Waals surface area contributed by atoms with E-state index in [2.05, 4.69) is 10.6 Å². The van der Waals surface area contributed by atoms with Crippen molar-refractivity contribution < 1.29 is 62.3 Å². The van der Waals surface area contributed by atoms with Crippen LogP contribution >= 0.6 is 15.2 Å². The Morgan fingerprint density at radius 1 is 0.519 bits per heavy atom. The van der Waals surface area contributed by atoms with Crippen molar-refractivity contribution in [2.75, 3.05) is 37.1 Å². The van der Waals surface area contributed by atoms with Crippen molar-refractivity contribution in [1.29, 1.82) is 0 Å². The molecular weight excluding hydrogens is 770 g/mol. The predicted octanol–water partition coefficient (Wildman–Crippen LogP) is 12.4. The summed E-state index contributed by atoms with van der Waals surface area (Å²) in [5, 5.41) is 5.41. The highest BCUT2D eigenvalue weighted by molar-refractivity contribution is 7.54. The number of anilines is 2. The van der Waals surface area contributed by atoms with Gasteiger partial charge < -0.3 is 28.7 Å². The van der Waals surface area contributed by atoms with Gasteiger partial charge in [0.1, 0.15) is 11.6 Å². The number of hydrogen-bond donors (Lipinski definition) is 2. The molecule has 0 fully saturated rings. The van der Waals surface area contributed by atoms with Crippen molar-refractivity contribution in [3.05, 3.63) is 119 Å². The van der Waals surface area contributed by atoms with Crippen molar-refractivity contribution >= 4 is 26.6 Å². The summed E-state index contributed by atoms with van der Waals surface area (Å²) in [5.41, 5.74) is -4.97. The average molecular weight is 809 g/mol. The van der Waals surface area contributed by atoms with Crippen LogP contribution in [-0.2, 0) is 39.6 Å². The molecule has 4 aromatic rings. The lowest BCUT2D eigenvalue weighted by Crippen LogP contribution is -2.17. The summed E-state index contributed by atoms with van der Waals surface area (Å²) < 4.78 is 165. The third-order valence-electron chi connectivity index (χ3n) is 7.79. The average Bonchev–Trinajstić information content (AvgIpc) is 3.10. The lowest BCUT2D eigenvalue weighted by atomic mass is 9.93. The molecule has 18 heteroatoms.